The number of carbonyl (C=O) groups is 1. The Hall–Kier alpha value is -1.74. The molecular weight excluding hydrogens is 349 g/mol. The molecule has 1 N–H and O–H groups in total. The Bertz CT molecular complexity index is 710. The molecule has 22 heavy (non-hydrogen) atoms. The van der Waals surface area contributed by atoms with Gasteiger partial charge in [0.2, 0.25) is 0 Å². The highest BCUT2D eigenvalue weighted by Crippen LogP contribution is 2.35. The van der Waals surface area contributed by atoms with Crippen molar-refractivity contribution in [2.24, 2.45) is 0 Å². The molecule has 0 aliphatic carbocycles. The van der Waals surface area contributed by atoms with Gasteiger partial charge >= 0.3 is 21.6 Å². The van der Waals surface area contributed by atoms with Crippen LogP contribution in [0.15, 0.2) is 18.2 Å². The van der Waals surface area contributed by atoms with E-state index in [0.29, 0.717) is 5.56 Å². The summed E-state index contributed by atoms with van der Waals surface area (Å²) in [6.07, 6.45) is 2.23. The van der Waals surface area contributed by atoms with Crippen LogP contribution >= 0.6 is 11.6 Å². The van der Waals surface area contributed by atoms with E-state index >= 15 is 0 Å². The fourth-order valence-corrected chi connectivity index (χ4v) is 2.38. The van der Waals surface area contributed by atoms with E-state index in [1.807, 2.05) is 0 Å². The van der Waals surface area contributed by atoms with Crippen LogP contribution in [0, 0.1) is 0 Å². The molecule has 0 aromatic heterocycles. The summed E-state index contributed by atoms with van der Waals surface area (Å²) in [6.45, 7) is 1.61. The van der Waals surface area contributed by atoms with Gasteiger partial charge in [-0.15, -0.1) is 0 Å². The molecule has 0 radical (unpaired) electrons. The van der Waals surface area contributed by atoms with Crippen molar-refractivity contribution in [2.75, 3.05) is 0 Å². The van der Waals surface area contributed by atoms with E-state index in [-0.39, 0.29) is 17.0 Å². The molecule has 0 aliphatic rings. The summed E-state index contributed by atoms with van der Waals surface area (Å²) in [7, 11) is -5.83. The fraction of sp³-hybridized carbons (Fsp3) is 0.250. The summed E-state index contributed by atoms with van der Waals surface area (Å²) < 4.78 is 62.8. The smallest absolute Gasteiger partial charge is 0.478 e. The lowest BCUT2D eigenvalue weighted by Crippen LogP contribution is -2.28. The molecule has 0 saturated carbocycles. The molecule has 1 rings (SSSR count). The van der Waals surface area contributed by atoms with Crippen molar-refractivity contribution in [2.45, 2.75) is 18.9 Å². The van der Waals surface area contributed by atoms with Crippen molar-refractivity contribution >= 4 is 33.8 Å². The van der Waals surface area contributed by atoms with Gasteiger partial charge in [-0.1, -0.05) is 24.6 Å². The van der Waals surface area contributed by atoms with Crippen molar-refractivity contribution in [3.63, 3.8) is 0 Å². The first-order valence-corrected chi connectivity index (χ1v) is 7.51. The monoisotopic (exact) mass is 358 g/mol. The Morgan fingerprint density at radius 2 is 2.00 bits per heavy atom. The van der Waals surface area contributed by atoms with E-state index in [1.54, 1.807) is 6.92 Å². The minimum absolute atomic E-state index is 0.224. The Morgan fingerprint density at radius 1 is 1.41 bits per heavy atom. The second kappa shape index (κ2) is 6.57. The van der Waals surface area contributed by atoms with E-state index in [2.05, 4.69) is 4.18 Å². The number of rotatable bonds is 5. The van der Waals surface area contributed by atoms with Gasteiger partial charge in [-0.2, -0.15) is 21.6 Å². The van der Waals surface area contributed by atoms with Crippen LogP contribution in [0.2, 0.25) is 5.02 Å². The zero-order valence-electron chi connectivity index (χ0n) is 11.0. The Labute approximate surface area is 129 Å². The zero-order valence-corrected chi connectivity index (χ0v) is 12.6. The average Bonchev–Trinajstić information content (AvgIpc) is 2.37. The molecule has 0 heterocycles. The van der Waals surface area contributed by atoms with Gasteiger partial charge in [0.05, 0.1) is 5.02 Å². The van der Waals surface area contributed by atoms with Gasteiger partial charge in [-0.25, -0.2) is 4.79 Å². The minimum atomic E-state index is -5.83. The molecule has 0 fully saturated rings. The summed E-state index contributed by atoms with van der Waals surface area (Å²) in [5.74, 6) is -1.90. The standard InChI is InChI=1S/C12H10ClF3O5S/c1-2-8-7(4-6-10(17)18)3-5-9(11(8)13)21-22(19,20)12(14,15)16/h3-6H,2H2,1H3,(H,17,18). The summed E-state index contributed by atoms with van der Waals surface area (Å²) in [5, 5.41) is 8.23. The van der Waals surface area contributed by atoms with Crippen LogP contribution in [0.5, 0.6) is 5.75 Å². The lowest BCUT2D eigenvalue weighted by atomic mass is 10.0. The third kappa shape index (κ3) is 4.14. The van der Waals surface area contributed by atoms with E-state index in [9.17, 15) is 26.4 Å². The van der Waals surface area contributed by atoms with Gasteiger partial charge in [0.15, 0.2) is 5.75 Å². The SMILES string of the molecule is CCc1c(C=CC(=O)O)ccc(OS(=O)(=O)C(F)(F)F)c1Cl. The molecular formula is C12H10ClF3O5S. The number of carboxylic acids is 1. The average molecular weight is 359 g/mol. The van der Waals surface area contributed by atoms with E-state index in [0.717, 1.165) is 12.1 Å². The largest absolute Gasteiger partial charge is 0.534 e. The predicted octanol–water partition coefficient (Wildman–Crippen LogP) is 3.23. The summed E-state index contributed by atoms with van der Waals surface area (Å²) >= 11 is 5.85. The molecule has 0 bridgehead atoms. The molecule has 5 nitrogen and oxygen atoms in total. The van der Waals surface area contributed by atoms with Crippen molar-refractivity contribution in [1.29, 1.82) is 0 Å². The molecule has 122 valence electrons. The summed E-state index contributed by atoms with van der Waals surface area (Å²) in [5.41, 5.74) is -4.99. The molecule has 0 aliphatic heterocycles. The zero-order chi connectivity index (χ0) is 17.1. The lowest BCUT2D eigenvalue weighted by Gasteiger charge is -2.14. The van der Waals surface area contributed by atoms with Crippen molar-refractivity contribution in [3.05, 3.63) is 34.4 Å². The fourth-order valence-electron chi connectivity index (χ4n) is 1.52. The molecule has 1 aromatic rings. The third-order valence-electron chi connectivity index (χ3n) is 2.49. The van der Waals surface area contributed by atoms with Crippen LogP contribution in [-0.2, 0) is 21.3 Å². The first kappa shape index (κ1) is 18.3. The number of hydrogen-bond acceptors (Lipinski definition) is 4. The van der Waals surface area contributed by atoms with Crippen LogP contribution in [0.3, 0.4) is 0 Å². The molecule has 0 amide bonds. The van der Waals surface area contributed by atoms with Gasteiger partial charge in [0.25, 0.3) is 0 Å². The van der Waals surface area contributed by atoms with Crippen molar-refractivity contribution < 1.29 is 35.7 Å². The summed E-state index contributed by atoms with van der Waals surface area (Å²) in [4.78, 5) is 10.5. The number of alkyl halides is 3. The van der Waals surface area contributed by atoms with E-state index in [4.69, 9.17) is 16.7 Å². The second-order valence-corrected chi connectivity index (χ2v) is 5.87. The second-order valence-electron chi connectivity index (χ2n) is 3.95. The Morgan fingerprint density at radius 3 is 2.45 bits per heavy atom. The van der Waals surface area contributed by atoms with E-state index in [1.165, 1.54) is 12.1 Å². The number of carboxylic acid groups (broad SMARTS) is 1. The number of aliphatic carboxylic acids is 1. The van der Waals surface area contributed by atoms with Crippen molar-refractivity contribution in [1.82, 2.24) is 0 Å². The van der Waals surface area contributed by atoms with Crippen LogP contribution in [0.25, 0.3) is 6.08 Å². The van der Waals surface area contributed by atoms with Gasteiger partial charge in [-0.05, 0) is 29.7 Å². The normalized spacial score (nSPS) is 12.6. The molecule has 10 heteroatoms. The number of hydrogen-bond donors (Lipinski definition) is 1. The number of halogens is 4. The minimum Gasteiger partial charge on any atom is -0.478 e. The highest BCUT2D eigenvalue weighted by molar-refractivity contribution is 7.88. The molecule has 0 atom stereocenters. The van der Waals surface area contributed by atoms with Gasteiger partial charge in [0.1, 0.15) is 0 Å². The number of benzene rings is 1. The first-order chi connectivity index (χ1) is 9.99. The lowest BCUT2D eigenvalue weighted by molar-refractivity contribution is -0.131. The summed E-state index contributed by atoms with van der Waals surface area (Å²) in [6, 6.07) is 2.14. The maximum atomic E-state index is 12.3. The highest BCUT2D eigenvalue weighted by Gasteiger charge is 2.48. The Balaban J connectivity index is 3.29. The quantitative estimate of drug-likeness (QED) is 0.496. The van der Waals surface area contributed by atoms with Gasteiger partial charge < -0.3 is 9.29 Å². The first-order valence-electron chi connectivity index (χ1n) is 5.72. The van der Waals surface area contributed by atoms with E-state index < -0.39 is 27.3 Å². The Kier molecular flexibility index (Phi) is 5.47. The van der Waals surface area contributed by atoms with Crippen LogP contribution < -0.4 is 4.18 Å². The maximum absolute atomic E-state index is 12.3. The highest BCUT2D eigenvalue weighted by atomic mass is 35.5. The third-order valence-corrected chi connectivity index (χ3v) is 3.87. The van der Waals surface area contributed by atoms with Crippen LogP contribution in [0.4, 0.5) is 13.2 Å². The van der Waals surface area contributed by atoms with Gasteiger partial charge in [-0.3, -0.25) is 0 Å². The topological polar surface area (TPSA) is 80.7 Å². The molecule has 0 spiro atoms. The predicted molar refractivity (Wildman–Crippen MR) is 73.1 cm³/mol. The molecule has 0 unspecified atom stereocenters. The van der Waals surface area contributed by atoms with Crippen LogP contribution in [0.1, 0.15) is 18.1 Å². The molecule has 1 aromatic carbocycles. The van der Waals surface area contributed by atoms with Gasteiger partial charge in [0, 0.05) is 6.08 Å². The van der Waals surface area contributed by atoms with Crippen molar-refractivity contribution in [3.8, 4) is 5.75 Å². The maximum Gasteiger partial charge on any atom is 0.534 e. The van der Waals surface area contributed by atoms with Crippen LogP contribution in [-0.4, -0.2) is 25.0 Å². The molecule has 0 saturated heterocycles.